The molecule has 184 valence electrons. The van der Waals surface area contributed by atoms with Gasteiger partial charge in [0.15, 0.2) is 11.2 Å². The summed E-state index contributed by atoms with van der Waals surface area (Å²) in [5.74, 6) is -2.32. The van der Waals surface area contributed by atoms with Crippen LogP contribution in [-0.4, -0.2) is 55.1 Å². The molecule has 13 nitrogen and oxygen atoms in total. The summed E-state index contributed by atoms with van der Waals surface area (Å²) in [6, 6.07) is 5.10. The van der Waals surface area contributed by atoms with Crippen LogP contribution in [0.2, 0.25) is 0 Å². The fourth-order valence-corrected chi connectivity index (χ4v) is 3.10. The van der Waals surface area contributed by atoms with Gasteiger partial charge in [-0.25, -0.2) is 14.8 Å². The Morgan fingerprint density at radius 3 is 2.57 bits per heavy atom. The lowest BCUT2D eigenvalue weighted by Gasteiger charge is -2.14. The zero-order chi connectivity index (χ0) is 25.5. The van der Waals surface area contributed by atoms with Crippen molar-refractivity contribution < 1.29 is 24.2 Å². The van der Waals surface area contributed by atoms with Gasteiger partial charge in [-0.05, 0) is 37.6 Å². The largest absolute Gasteiger partial charge is 0.480 e. The van der Waals surface area contributed by atoms with E-state index in [0.717, 1.165) is 0 Å². The molecule has 1 unspecified atom stereocenters. The Bertz CT molecular complexity index is 1310. The van der Waals surface area contributed by atoms with Gasteiger partial charge >= 0.3 is 11.9 Å². The Kier molecular flexibility index (Phi) is 7.92. The number of fused-ring (bicyclic) bond motifs is 1. The molecule has 5 N–H and O–H groups in total. The van der Waals surface area contributed by atoms with E-state index in [0.29, 0.717) is 11.4 Å². The zero-order valence-electron chi connectivity index (χ0n) is 19.1. The number of aromatic nitrogens is 4. The highest BCUT2D eigenvalue weighted by Crippen LogP contribution is 2.12. The molecule has 2 heterocycles. The average molecular weight is 483 g/mol. The van der Waals surface area contributed by atoms with Crippen molar-refractivity contribution in [1.82, 2.24) is 24.8 Å². The topological polar surface area (TPSA) is 191 Å². The minimum Gasteiger partial charge on any atom is -0.480 e. The van der Waals surface area contributed by atoms with E-state index in [1.807, 2.05) is 0 Å². The Morgan fingerprint density at radius 2 is 1.91 bits per heavy atom. The predicted octanol–water partition coefficient (Wildman–Crippen LogP) is 0.444. The Labute approximate surface area is 199 Å². The van der Waals surface area contributed by atoms with E-state index < -0.39 is 29.4 Å². The summed E-state index contributed by atoms with van der Waals surface area (Å²) in [7, 11) is 1.49. The molecule has 0 fully saturated rings. The number of esters is 1. The number of nitrogen functional groups attached to an aromatic ring is 1. The molecule has 0 saturated carbocycles. The minimum atomic E-state index is -1.25. The number of nitrogens with one attached hydrogen (secondary N) is 2. The van der Waals surface area contributed by atoms with Crippen molar-refractivity contribution in [3.8, 4) is 0 Å². The molecule has 0 aliphatic heterocycles. The first-order valence-corrected chi connectivity index (χ1v) is 10.7. The van der Waals surface area contributed by atoms with Crippen molar-refractivity contribution in [3.05, 3.63) is 52.1 Å². The summed E-state index contributed by atoms with van der Waals surface area (Å²) in [5, 5.41) is 14.8. The second kappa shape index (κ2) is 11.0. The van der Waals surface area contributed by atoms with Crippen LogP contribution < -0.4 is 21.9 Å². The summed E-state index contributed by atoms with van der Waals surface area (Å²) in [6.07, 6.45) is 1.27. The van der Waals surface area contributed by atoms with Crippen LogP contribution in [0.1, 0.15) is 35.8 Å². The third-order valence-corrected chi connectivity index (χ3v) is 5.04. The number of rotatable bonds is 10. The lowest BCUT2D eigenvalue weighted by Crippen LogP contribution is -2.41. The number of carbonyl (C=O) groups is 3. The van der Waals surface area contributed by atoms with E-state index in [-0.39, 0.29) is 48.7 Å². The van der Waals surface area contributed by atoms with Crippen molar-refractivity contribution in [2.45, 2.75) is 32.4 Å². The third kappa shape index (κ3) is 6.28. The molecular formula is C22H25N7O6. The van der Waals surface area contributed by atoms with Crippen LogP contribution in [0, 0.1) is 0 Å². The highest BCUT2D eigenvalue weighted by Gasteiger charge is 2.22. The van der Waals surface area contributed by atoms with Crippen LogP contribution in [0.3, 0.4) is 0 Å². The number of carboxylic acid groups (broad SMARTS) is 1. The van der Waals surface area contributed by atoms with Crippen LogP contribution in [-0.2, 0) is 27.9 Å². The number of anilines is 2. The second-order valence-corrected chi connectivity index (χ2v) is 7.51. The highest BCUT2D eigenvalue weighted by molar-refractivity contribution is 5.97. The first kappa shape index (κ1) is 25.1. The number of amides is 1. The maximum absolute atomic E-state index is 12.5. The summed E-state index contributed by atoms with van der Waals surface area (Å²) in [5.41, 5.74) is 6.92. The molecule has 13 heteroatoms. The number of hydrogen-bond donors (Lipinski definition) is 4. The van der Waals surface area contributed by atoms with Crippen LogP contribution in [0.5, 0.6) is 0 Å². The first-order chi connectivity index (χ1) is 16.7. The molecule has 0 saturated heterocycles. The predicted molar refractivity (Wildman–Crippen MR) is 126 cm³/mol. The van der Waals surface area contributed by atoms with E-state index in [1.54, 1.807) is 19.1 Å². The summed E-state index contributed by atoms with van der Waals surface area (Å²) in [6.45, 7) is 2.09. The van der Waals surface area contributed by atoms with Gasteiger partial charge in [0.2, 0.25) is 5.95 Å². The van der Waals surface area contributed by atoms with Gasteiger partial charge in [0.1, 0.15) is 6.04 Å². The van der Waals surface area contributed by atoms with E-state index >= 15 is 0 Å². The summed E-state index contributed by atoms with van der Waals surface area (Å²) in [4.78, 5) is 60.1. The quantitative estimate of drug-likeness (QED) is 0.293. The second-order valence-electron chi connectivity index (χ2n) is 7.51. The lowest BCUT2D eigenvalue weighted by atomic mass is 10.1. The zero-order valence-corrected chi connectivity index (χ0v) is 19.1. The van der Waals surface area contributed by atoms with Gasteiger partial charge in [-0.3, -0.25) is 19.0 Å². The molecule has 0 radical (unpaired) electrons. The summed E-state index contributed by atoms with van der Waals surface area (Å²) < 4.78 is 5.97. The van der Waals surface area contributed by atoms with E-state index in [1.165, 1.54) is 29.9 Å². The van der Waals surface area contributed by atoms with E-state index in [4.69, 9.17) is 10.5 Å². The van der Waals surface area contributed by atoms with Crippen molar-refractivity contribution in [1.29, 1.82) is 0 Å². The minimum absolute atomic E-state index is 0.0421. The number of ether oxygens (including phenoxy) is 1. The number of aliphatic carboxylic acids is 1. The van der Waals surface area contributed by atoms with Gasteiger partial charge in [-0.2, -0.15) is 4.98 Å². The normalized spacial score (nSPS) is 11.6. The molecular weight excluding hydrogens is 458 g/mol. The molecule has 0 bridgehead atoms. The molecule has 1 amide bonds. The Hall–Kier alpha value is -4.55. The number of hydrogen-bond acceptors (Lipinski definition) is 10. The van der Waals surface area contributed by atoms with Crippen LogP contribution >= 0.6 is 0 Å². The van der Waals surface area contributed by atoms with Crippen LogP contribution in [0.15, 0.2) is 35.3 Å². The van der Waals surface area contributed by atoms with Crippen molar-refractivity contribution in [2.75, 3.05) is 17.7 Å². The lowest BCUT2D eigenvalue weighted by molar-refractivity contribution is -0.144. The van der Waals surface area contributed by atoms with E-state index in [9.17, 15) is 24.3 Å². The summed E-state index contributed by atoms with van der Waals surface area (Å²) >= 11 is 0. The molecule has 0 spiro atoms. The molecule has 3 aromatic rings. The molecule has 0 aliphatic carbocycles. The van der Waals surface area contributed by atoms with Crippen LogP contribution in [0.25, 0.3) is 11.2 Å². The standard InChI is InChI=1S/C22H25N7O6/c1-3-35-16(30)9-8-15(21(33)34)27-19(31)12-4-6-13(7-5-12)24-10-14-11-25-18-17(26-14)20(32)29(2)22(23)28-18/h4-7,11,15,24H,3,8-10H2,1-2H3,(H,27,31)(H,33,34)(H2,23,25,28). The fraction of sp³-hybridized carbons (Fsp3) is 0.318. The number of carbonyl (C=O) groups excluding carboxylic acids is 2. The Balaban J connectivity index is 1.61. The SMILES string of the molecule is CCOC(=O)CCC(NC(=O)c1ccc(NCc2cnc3nc(N)n(C)c(=O)c3n2)cc1)C(=O)O. The molecule has 2 aromatic heterocycles. The van der Waals surface area contributed by atoms with Gasteiger partial charge < -0.3 is 26.2 Å². The van der Waals surface area contributed by atoms with Gasteiger partial charge in [-0.15, -0.1) is 0 Å². The van der Waals surface area contributed by atoms with Gasteiger partial charge in [-0.1, -0.05) is 0 Å². The number of carboxylic acids is 1. The molecule has 1 atom stereocenters. The smallest absolute Gasteiger partial charge is 0.326 e. The molecule has 0 aliphatic rings. The monoisotopic (exact) mass is 483 g/mol. The van der Waals surface area contributed by atoms with Crippen molar-refractivity contribution in [3.63, 3.8) is 0 Å². The molecule has 3 rings (SSSR count). The van der Waals surface area contributed by atoms with E-state index in [2.05, 4.69) is 25.6 Å². The van der Waals surface area contributed by atoms with Gasteiger partial charge in [0.25, 0.3) is 11.5 Å². The van der Waals surface area contributed by atoms with Crippen molar-refractivity contribution in [2.24, 2.45) is 7.05 Å². The molecule has 35 heavy (non-hydrogen) atoms. The average Bonchev–Trinajstić information content (AvgIpc) is 2.84. The fourth-order valence-electron chi connectivity index (χ4n) is 3.10. The maximum atomic E-state index is 12.5. The third-order valence-electron chi connectivity index (χ3n) is 5.04. The first-order valence-electron chi connectivity index (χ1n) is 10.7. The van der Waals surface area contributed by atoms with Crippen molar-refractivity contribution >= 4 is 40.6 Å². The number of benzene rings is 1. The molecule has 1 aromatic carbocycles. The Morgan fingerprint density at radius 1 is 1.20 bits per heavy atom. The van der Waals surface area contributed by atoms with Gasteiger partial charge in [0, 0.05) is 24.7 Å². The highest BCUT2D eigenvalue weighted by atomic mass is 16.5. The number of nitrogens with zero attached hydrogens (tertiary/aromatic N) is 4. The van der Waals surface area contributed by atoms with Crippen LogP contribution in [0.4, 0.5) is 11.6 Å². The number of nitrogens with two attached hydrogens (primary N) is 1. The maximum Gasteiger partial charge on any atom is 0.326 e. The van der Waals surface area contributed by atoms with Gasteiger partial charge in [0.05, 0.1) is 25.0 Å².